The molecule has 2 aromatic rings. The first kappa shape index (κ1) is 15.7. The van der Waals surface area contributed by atoms with Crippen molar-refractivity contribution in [2.75, 3.05) is 19.6 Å². The predicted octanol–water partition coefficient (Wildman–Crippen LogP) is 2.40. The lowest BCUT2D eigenvalue weighted by molar-refractivity contribution is 0.0697. The Bertz CT molecular complexity index is 640. The Morgan fingerprint density at radius 1 is 1.09 bits per heavy atom. The number of aromatic carboxylic acids is 1. The third-order valence-corrected chi connectivity index (χ3v) is 4.37. The second-order valence-electron chi connectivity index (χ2n) is 6.02. The van der Waals surface area contributed by atoms with E-state index >= 15 is 0 Å². The van der Waals surface area contributed by atoms with Gasteiger partial charge in [-0.25, -0.2) is 4.79 Å². The highest BCUT2D eigenvalue weighted by atomic mass is 16.4. The van der Waals surface area contributed by atoms with Gasteiger partial charge in [-0.3, -0.25) is 4.90 Å². The molecule has 4 nitrogen and oxygen atoms in total. The van der Waals surface area contributed by atoms with Crippen molar-refractivity contribution in [3.8, 4) is 0 Å². The van der Waals surface area contributed by atoms with E-state index in [9.17, 15) is 4.79 Å². The van der Waals surface area contributed by atoms with Crippen LogP contribution in [-0.2, 0) is 13.0 Å². The minimum Gasteiger partial charge on any atom is -0.478 e. The van der Waals surface area contributed by atoms with Crippen LogP contribution in [0.15, 0.2) is 54.6 Å². The zero-order valence-corrected chi connectivity index (χ0v) is 13.1. The first-order valence-electron chi connectivity index (χ1n) is 8.03. The Labute approximate surface area is 136 Å². The zero-order chi connectivity index (χ0) is 16.1. The highest BCUT2D eigenvalue weighted by molar-refractivity contribution is 5.87. The maximum atomic E-state index is 10.9. The number of nitrogens with zero attached hydrogens (tertiary/aromatic N) is 1. The maximum Gasteiger partial charge on any atom is 0.335 e. The monoisotopic (exact) mass is 310 g/mol. The molecule has 23 heavy (non-hydrogen) atoms. The topological polar surface area (TPSA) is 52.6 Å². The molecule has 1 atom stereocenters. The van der Waals surface area contributed by atoms with E-state index < -0.39 is 5.97 Å². The average molecular weight is 310 g/mol. The van der Waals surface area contributed by atoms with Crippen molar-refractivity contribution in [1.29, 1.82) is 0 Å². The molecule has 1 heterocycles. The van der Waals surface area contributed by atoms with Crippen molar-refractivity contribution >= 4 is 5.97 Å². The molecule has 0 amide bonds. The van der Waals surface area contributed by atoms with Crippen molar-refractivity contribution in [2.24, 2.45) is 0 Å². The summed E-state index contributed by atoms with van der Waals surface area (Å²) in [5, 5.41) is 12.5. The quantitative estimate of drug-likeness (QED) is 0.890. The number of carbonyl (C=O) groups is 1. The molecule has 0 saturated carbocycles. The molecule has 2 N–H and O–H groups in total. The van der Waals surface area contributed by atoms with Gasteiger partial charge in [0.25, 0.3) is 0 Å². The number of benzene rings is 2. The van der Waals surface area contributed by atoms with Crippen LogP contribution in [0.2, 0.25) is 0 Å². The Morgan fingerprint density at radius 3 is 2.52 bits per heavy atom. The largest absolute Gasteiger partial charge is 0.478 e. The van der Waals surface area contributed by atoms with Gasteiger partial charge in [-0.05, 0) is 29.7 Å². The Balaban J connectivity index is 1.67. The molecule has 0 aliphatic carbocycles. The second-order valence-corrected chi connectivity index (χ2v) is 6.02. The van der Waals surface area contributed by atoms with E-state index in [4.69, 9.17) is 5.11 Å². The van der Waals surface area contributed by atoms with Crippen LogP contribution in [0.3, 0.4) is 0 Å². The molecule has 3 rings (SSSR count). The van der Waals surface area contributed by atoms with Crippen molar-refractivity contribution in [2.45, 2.75) is 19.0 Å². The molecule has 1 unspecified atom stereocenters. The van der Waals surface area contributed by atoms with Gasteiger partial charge in [0, 0.05) is 32.2 Å². The summed E-state index contributed by atoms with van der Waals surface area (Å²) in [5.74, 6) is -0.874. The molecule has 1 aliphatic heterocycles. The van der Waals surface area contributed by atoms with Gasteiger partial charge < -0.3 is 10.4 Å². The third kappa shape index (κ3) is 4.18. The highest BCUT2D eigenvalue weighted by Gasteiger charge is 2.22. The van der Waals surface area contributed by atoms with Gasteiger partial charge in [0.1, 0.15) is 0 Å². The summed E-state index contributed by atoms with van der Waals surface area (Å²) in [6.07, 6.45) is 1.03. The van der Waals surface area contributed by atoms with E-state index in [0.717, 1.165) is 38.2 Å². The van der Waals surface area contributed by atoms with E-state index in [0.29, 0.717) is 11.6 Å². The lowest BCUT2D eigenvalue weighted by Crippen LogP contribution is -2.51. The molecule has 0 spiro atoms. The lowest BCUT2D eigenvalue weighted by atomic mass is 10.0. The van der Waals surface area contributed by atoms with Crippen molar-refractivity contribution in [3.05, 3.63) is 71.3 Å². The van der Waals surface area contributed by atoms with E-state index in [-0.39, 0.29) is 0 Å². The van der Waals surface area contributed by atoms with Crippen molar-refractivity contribution in [1.82, 2.24) is 10.2 Å². The molecule has 0 radical (unpaired) electrons. The summed E-state index contributed by atoms with van der Waals surface area (Å²) < 4.78 is 0. The first-order chi connectivity index (χ1) is 11.2. The van der Waals surface area contributed by atoms with Gasteiger partial charge in [-0.2, -0.15) is 0 Å². The van der Waals surface area contributed by atoms with Crippen LogP contribution in [0, 0.1) is 0 Å². The molecule has 1 fully saturated rings. The van der Waals surface area contributed by atoms with Gasteiger partial charge in [0.05, 0.1) is 5.56 Å². The third-order valence-electron chi connectivity index (χ3n) is 4.37. The Kier molecular flexibility index (Phi) is 5.05. The van der Waals surface area contributed by atoms with Crippen molar-refractivity contribution < 1.29 is 9.90 Å². The smallest absolute Gasteiger partial charge is 0.335 e. The summed E-state index contributed by atoms with van der Waals surface area (Å²) in [4.78, 5) is 13.4. The Hall–Kier alpha value is -2.17. The summed E-state index contributed by atoms with van der Waals surface area (Å²) in [7, 11) is 0. The van der Waals surface area contributed by atoms with Crippen LogP contribution in [-0.4, -0.2) is 41.7 Å². The molecule has 2 aromatic carbocycles. The number of piperazine rings is 1. The molecule has 120 valence electrons. The van der Waals surface area contributed by atoms with E-state index in [1.165, 1.54) is 5.56 Å². The number of carboxylic acid groups (broad SMARTS) is 1. The molecule has 1 aliphatic rings. The number of carboxylic acids is 1. The highest BCUT2D eigenvalue weighted by Crippen LogP contribution is 2.15. The fourth-order valence-corrected chi connectivity index (χ4v) is 3.09. The first-order valence-corrected chi connectivity index (χ1v) is 8.03. The van der Waals surface area contributed by atoms with Gasteiger partial charge in [0.2, 0.25) is 0 Å². The number of hydrogen-bond acceptors (Lipinski definition) is 3. The standard InChI is InChI=1S/C19H22N2O2/c22-19(23)17-8-6-16(7-9-17)14-21-11-10-20-13-18(21)12-15-4-2-1-3-5-15/h1-9,18,20H,10-14H2,(H,22,23). The molecule has 4 heteroatoms. The SMILES string of the molecule is O=C(O)c1ccc(CN2CCNCC2Cc2ccccc2)cc1. The van der Waals surface area contributed by atoms with E-state index in [1.54, 1.807) is 12.1 Å². The fourth-order valence-electron chi connectivity index (χ4n) is 3.09. The van der Waals surface area contributed by atoms with Gasteiger partial charge in [0.15, 0.2) is 0 Å². The van der Waals surface area contributed by atoms with E-state index in [2.05, 4.69) is 34.5 Å². The van der Waals surface area contributed by atoms with Gasteiger partial charge in [-0.1, -0.05) is 42.5 Å². The average Bonchev–Trinajstić information content (AvgIpc) is 2.58. The van der Waals surface area contributed by atoms with Crippen LogP contribution in [0.4, 0.5) is 0 Å². The normalized spacial score (nSPS) is 18.7. The molecule has 0 aromatic heterocycles. The lowest BCUT2D eigenvalue weighted by Gasteiger charge is -2.36. The summed E-state index contributed by atoms with van der Waals surface area (Å²) in [6.45, 7) is 3.86. The Morgan fingerprint density at radius 2 is 1.83 bits per heavy atom. The van der Waals surface area contributed by atoms with Crippen LogP contribution in [0.1, 0.15) is 21.5 Å². The van der Waals surface area contributed by atoms with E-state index in [1.807, 2.05) is 18.2 Å². The number of rotatable bonds is 5. The number of nitrogens with one attached hydrogen (secondary N) is 1. The minimum absolute atomic E-state index is 0.342. The predicted molar refractivity (Wildman–Crippen MR) is 90.6 cm³/mol. The number of hydrogen-bond donors (Lipinski definition) is 2. The molecule has 1 saturated heterocycles. The molecule has 0 bridgehead atoms. The maximum absolute atomic E-state index is 10.9. The van der Waals surface area contributed by atoms with Gasteiger partial charge >= 0.3 is 5.97 Å². The second kappa shape index (κ2) is 7.40. The minimum atomic E-state index is -0.874. The fraction of sp³-hybridized carbons (Fsp3) is 0.316. The zero-order valence-electron chi connectivity index (χ0n) is 13.1. The van der Waals surface area contributed by atoms with Crippen LogP contribution in [0.25, 0.3) is 0 Å². The van der Waals surface area contributed by atoms with Crippen LogP contribution < -0.4 is 5.32 Å². The van der Waals surface area contributed by atoms with Crippen LogP contribution in [0.5, 0.6) is 0 Å². The van der Waals surface area contributed by atoms with Gasteiger partial charge in [-0.15, -0.1) is 0 Å². The van der Waals surface area contributed by atoms with Crippen LogP contribution >= 0.6 is 0 Å². The summed E-state index contributed by atoms with van der Waals surface area (Å²) in [6, 6.07) is 18.2. The summed E-state index contributed by atoms with van der Waals surface area (Å²) in [5.41, 5.74) is 2.86. The molecular weight excluding hydrogens is 288 g/mol. The summed E-state index contributed by atoms with van der Waals surface area (Å²) >= 11 is 0. The van der Waals surface area contributed by atoms with Crippen molar-refractivity contribution in [3.63, 3.8) is 0 Å². The molecular formula is C19H22N2O2.